The summed E-state index contributed by atoms with van der Waals surface area (Å²) in [6, 6.07) is 5.29. The van der Waals surface area contributed by atoms with Gasteiger partial charge in [-0.05, 0) is 23.6 Å². The number of likely N-dealkylation sites (tertiary alicyclic amines) is 1. The third kappa shape index (κ3) is 3.04. The largest absolute Gasteiger partial charge is 0.493 e. The number of carbonyl (C=O) groups excluding carboxylic acids is 1. The first-order valence-electron chi connectivity index (χ1n) is 6.73. The summed E-state index contributed by atoms with van der Waals surface area (Å²) in [5, 5.41) is 10.3. The molecule has 20 heavy (non-hydrogen) atoms. The van der Waals surface area contributed by atoms with Crippen LogP contribution in [-0.2, 0) is 4.79 Å². The van der Waals surface area contributed by atoms with Crippen LogP contribution in [0, 0.1) is 5.92 Å². The van der Waals surface area contributed by atoms with E-state index in [1.165, 1.54) is 0 Å². The Bertz CT molecular complexity index is 489. The number of hydrogen-bond donors (Lipinski definition) is 1. The molecule has 0 aliphatic carbocycles. The van der Waals surface area contributed by atoms with Crippen LogP contribution in [-0.4, -0.2) is 43.2 Å². The van der Waals surface area contributed by atoms with E-state index in [2.05, 4.69) is 0 Å². The van der Waals surface area contributed by atoms with Gasteiger partial charge in [0.1, 0.15) is 0 Å². The maximum absolute atomic E-state index is 11.7. The van der Waals surface area contributed by atoms with Gasteiger partial charge in [0.2, 0.25) is 5.91 Å². The summed E-state index contributed by atoms with van der Waals surface area (Å²) in [5.41, 5.74) is 0.718. The molecule has 2 rings (SSSR count). The molecule has 1 heterocycles. The number of aliphatic hydroxyl groups excluding tert-OH is 1. The molecule has 110 valence electrons. The van der Waals surface area contributed by atoms with Crippen molar-refractivity contribution >= 4 is 5.91 Å². The zero-order chi connectivity index (χ0) is 14.7. The highest BCUT2D eigenvalue weighted by atomic mass is 16.5. The lowest BCUT2D eigenvalue weighted by Crippen LogP contribution is -2.30. The van der Waals surface area contributed by atoms with Crippen molar-refractivity contribution in [3.8, 4) is 11.5 Å². The van der Waals surface area contributed by atoms with E-state index in [9.17, 15) is 9.90 Å². The fourth-order valence-corrected chi connectivity index (χ4v) is 2.52. The average molecular weight is 279 g/mol. The SMILES string of the molecule is COc1ccc(C(O)CN2CC(C)CC2=O)cc1OC. The van der Waals surface area contributed by atoms with Crippen LogP contribution in [0.3, 0.4) is 0 Å². The number of carbonyl (C=O) groups is 1. The fraction of sp³-hybridized carbons (Fsp3) is 0.533. The van der Waals surface area contributed by atoms with Crippen LogP contribution in [0.5, 0.6) is 11.5 Å². The number of amides is 1. The zero-order valence-electron chi connectivity index (χ0n) is 12.1. The standard InChI is InChI=1S/C15H21NO4/c1-10-6-15(18)16(8-10)9-12(17)11-4-5-13(19-2)14(7-11)20-3/h4-5,7,10,12,17H,6,8-9H2,1-3H3. The van der Waals surface area contributed by atoms with E-state index in [1.807, 2.05) is 6.92 Å². The highest BCUT2D eigenvalue weighted by Crippen LogP contribution is 2.30. The van der Waals surface area contributed by atoms with Crippen molar-refractivity contribution in [2.24, 2.45) is 5.92 Å². The minimum absolute atomic E-state index is 0.108. The number of β-amino-alcohol motifs (C(OH)–C–C–N with tert-alkyl or cyclic N) is 1. The van der Waals surface area contributed by atoms with Gasteiger partial charge in [-0.15, -0.1) is 0 Å². The molecular formula is C15H21NO4. The Labute approximate surface area is 119 Å². The lowest BCUT2D eigenvalue weighted by atomic mass is 10.1. The molecule has 0 spiro atoms. The topological polar surface area (TPSA) is 59.0 Å². The van der Waals surface area contributed by atoms with E-state index in [1.54, 1.807) is 37.3 Å². The van der Waals surface area contributed by atoms with Crippen LogP contribution in [0.15, 0.2) is 18.2 Å². The van der Waals surface area contributed by atoms with Gasteiger partial charge in [0.05, 0.1) is 26.9 Å². The molecule has 0 aromatic heterocycles. The Balaban J connectivity index is 2.09. The third-order valence-electron chi connectivity index (χ3n) is 3.59. The predicted octanol–water partition coefficient (Wildman–Crippen LogP) is 1.61. The molecule has 1 N–H and O–H groups in total. The normalized spacial score (nSPS) is 20.1. The average Bonchev–Trinajstić information content (AvgIpc) is 2.75. The Morgan fingerprint density at radius 1 is 1.35 bits per heavy atom. The molecule has 1 saturated heterocycles. The quantitative estimate of drug-likeness (QED) is 0.889. The number of benzene rings is 1. The zero-order valence-corrected chi connectivity index (χ0v) is 12.1. The van der Waals surface area contributed by atoms with Gasteiger partial charge >= 0.3 is 0 Å². The Kier molecular flexibility index (Phi) is 4.49. The summed E-state index contributed by atoms with van der Waals surface area (Å²) in [6.07, 6.45) is -0.150. The number of rotatable bonds is 5. The summed E-state index contributed by atoms with van der Waals surface area (Å²) in [7, 11) is 3.12. The molecule has 0 radical (unpaired) electrons. The summed E-state index contributed by atoms with van der Waals surface area (Å²) in [5.74, 6) is 1.66. The van der Waals surface area contributed by atoms with Gasteiger partial charge in [0.25, 0.3) is 0 Å². The Hall–Kier alpha value is -1.75. The Morgan fingerprint density at radius 3 is 2.60 bits per heavy atom. The molecule has 1 fully saturated rings. The van der Waals surface area contributed by atoms with Crippen molar-refractivity contribution < 1.29 is 19.4 Å². The maximum atomic E-state index is 11.7. The molecule has 1 aliphatic heterocycles. The van der Waals surface area contributed by atoms with Gasteiger partial charge in [0, 0.05) is 13.0 Å². The molecular weight excluding hydrogens is 258 g/mol. The smallest absolute Gasteiger partial charge is 0.223 e. The van der Waals surface area contributed by atoms with Crippen LogP contribution >= 0.6 is 0 Å². The van der Waals surface area contributed by atoms with Crippen molar-refractivity contribution in [3.05, 3.63) is 23.8 Å². The van der Waals surface area contributed by atoms with E-state index >= 15 is 0 Å². The maximum Gasteiger partial charge on any atom is 0.223 e. The predicted molar refractivity (Wildman–Crippen MR) is 74.9 cm³/mol. The van der Waals surface area contributed by atoms with E-state index in [0.717, 1.165) is 5.56 Å². The van der Waals surface area contributed by atoms with Crippen LogP contribution in [0.25, 0.3) is 0 Å². The molecule has 1 aliphatic rings. The first kappa shape index (κ1) is 14.7. The minimum atomic E-state index is -0.718. The van der Waals surface area contributed by atoms with Crippen molar-refractivity contribution in [2.45, 2.75) is 19.4 Å². The summed E-state index contributed by atoms with van der Waals surface area (Å²) < 4.78 is 10.4. The Morgan fingerprint density at radius 2 is 2.05 bits per heavy atom. The second kappa shape index (κ2) is 6.13. The molecule has 1 aromatic carbocycles. The van der Waals surface area contributed by atoms with Gasteiger partial charge in [-0.3, -0.25) is 4.79 Å². The molecule has 5 heteroatoms. The third-order valence-corrected chi connectivity index (χ3v) is 3.59. The second-order valence-corrected chi connectivity index (χ2v) is 5.24. The number of ether oxygens (including phenoxy) is 2. The second-order valence-electron chi connectivity index (χ2n) is 5.24. The highest BCUT2D eigenvalue weighted by molar-refractivity contribution is 5.78. The molecule has 2 unspecified atom stereocenters. The van der Waals surface area contributed by atoms with E-state index < -0.39 is 6.10 Å². The van der Waals surface area contributed by atoms with Gasteiger partial charge in [-0.2, -0.15) is 0 Å². The number of nitrogens with zero attached hydrogens (tertiary/aromatic N) is 1. The van der Waals surface area contributed by atoms with Crippen LogP contribution in [0.4, 0.5) is 0 Å². The number of aliphatic hydroxyl groups is 1. The van der Waals surface area contributed by atoms with E-state index in [-0.39, 0.29) is 5.91 Å². The van der Waals surface area contributed by atoms with Crippen LogP contribution in [0.2, 0.25) is 0 Å². The lowest BCUT2D eigenvalue weighted by molar-refractivity contribution is -0.128. The monoisotopic (exact) mass is 279 g/mol. The van der Waals surface area contributed by atoms with Gasteiger partial charge in [-0.1, -0.05) is 13.0 Å². The molecule has 0 saturated carbocycles. The number of methoxy groups -OCH3 is 2. The van der Waals surface area contributed by atoms with Crippen molar-refractivity contribution in [1.82, 2.24) is 4.90 Å². The first-order valence-corrected chi connectivity index (χ1v) is 6.73. The minimum Gasteiger partial charge on any atom is -0.493 e. The molecule has 5 nitrogen and oxygen atoms in total. The summed E-state index contributed by atoms with van der Waals surface area (Å²) in [6.45, 7) is 3.07. The van der Waals surface area contributed by atoms with Crippen molar-refractivity contribution in [3.63, 3.8) is 0 Å². The van der Waals surface area contributed by atoms with Gasteiger partial charge < -0.3 is 19.5 Å². The van der Waals surface area contributed by atoms with Crippen LogP contribution < -0.4 is 9.47 Å². The molecule has 0 bridgehead atoms. The molecule has 1 amide bonds. The van der Waals surface area contributed by atoms with E-state index in [0.29, 0.717) is 36.9 Å². The molecule has 2 atom stereocenters. The summed E-state index contributed by atoms with van der Waals surface area (Å²) in [4.78, 5) is 13.5. The fourth-order valence-electron chi connectivity index (χ4n) is 2.52. The van der Waals surface area contributed by atoms with E-state index in [4.69, 9.17) is 9.47 Å². The van der Waals surface area contributed by atoms with Crippen molar-refractivity contribution in [1.29, 1.82) is 0 Å². The summed E-state index contributed by atoms with van der Waals surface area (Å²) >= 11 is 0. The number of hydrogen-bond acceptors (Lipinski definition) is 4. The molecule has 1 aromatic rings. The van der Waals surface area contributed by atoms with Crippen molar-refractivity contribution in [2.75, 3.05) is 27.3 Å². The first-order chi connectivity index (χ1) is 9.55. The highest BCUT2D eigenvalue weighted by Gasteiger charge is 2.28. The van der Waals surface area contributed by atoms with Gasteiger partial charge in [0.15, 0.2) is 11.5 Å². The van der Waals surface area contributed by atoms with Gasteiger partial charge in [-0.25, -0.2) is 0 Å². The van der Waals surface area contributed by atoms with Crippen LogP contribution in [0.1, 0.15) is 25.0 Å². The lowest BCUT2D eigenvalue weighted by Gasteiger charge is -2.21.